The van der Waals surface area contributed by atoms with E-state index in [1.165, 1.54) is 31.2 Å². The fraction of sp³-hybridized carbons (Fsp3) is 0.429. The van der Waals surface area contributed by atoms with Crippen molar-refractivity contribution in [1.29, 1.82) is 0 Å². The van der Waals surface area contributed by atoms with Gasteiger partial charge in [0, 0.05) is 24.1 Å². The third-order valence-electron chi connectivity index (χ3n) is 5.61. The van der Waals surface area contributed by atoms with Crippen molar-refractivity contribution in [3.63, 3.8) is 0 Å². The van der Waals surface area contributed by atoms with Gasteiger partial charge >= 0.3 is 0 Å². The molecule has 4 rings (SSSR count). The first-order valence-corrected chi connectivity index (χ1v) is 9.74. The second-order valence-corrected chi connectivity index (χ2v) is 7.79. The summed E-state index contributed by atoms with van der Waals surface area (Å²) in [6, 6.07) is 6.54. The lowest BCUT2D eigenvalue weighted by Gasteiger charge is -2.42. The highest BCUT2D eigenvalue weighted by molar-refractivity contribution is 5.52. The van der Waals surface area contributed by atoms with Crippen LogP contribution in [0.15, 0.2) is 30.3 Å². The number of aliphatic hydroxyl groups excluding tert-OH is 3. The monoisotopic (exact) mass is 436 g/mol. The number of aliphatic hydroxyl groups is 3. The lowest BCUT2D eigenvalue weighted by molar-refractivity contribution is -0.310. The summed E-state index contributed by atoms with van der Waals surface area (Å²) in [6.07, 6.45) is -8.15. The fourth-order valence-electron chi connectivity index (χ4n) is 3.87. The smallest absolute Gasteiger partial charge is 0.187 e. The van der Waals surface area contributed by atoms with Crippen molar-refractivity contribution in [3.8, 4) is 28.7 Å². The molecule has 10 heteroatoms. The predicted molar refractivity (Wildman–Crippen MR) is 104 cm³/mol. The maximum absolute atomic E-state index is 10.3. The second kappa shape index (κ2) is 8.06. The predicted octanol–water partition coefficient (Wildman–Crippen LogP) is 0.398. The molecular weight excluding hydrogens is 412 g/mol. The normalized spacial score (nSPS) is 32.8. The van der Waals surface area contributed by atoms with Crippen molar-refractivity contribution in [1.82, 2.24) is 0 Å². The topological polar surface area (TPSA) is 169 Å². The van der Waals surface area contributed by atoms with Gasteiger partial charge in [0.15, 0.2) is 23.9 Å². The maximum atomic E-state index is 10.3. The van der Waals surface area contributed by atoms with Gasteiger partial charge in [0.1, 0.15) is 41.7 Å². The second-order valence-electron chi connectivity index (χ2n) is 7.79. The zero-order chi connectivity index (χ0) is 22.4. The standard InChI is InChI=1S/C21H24O10/c1-8-17(26)18(27)19(28)21(29-8)31-16-7-11-13(24)5-10(22)6-15(11)30-20(16)9-2-3-12(23)14(25)4-9/h2-6,8,16-28H,7H2,1H3/t8-,16-,17-,18+,19+,20+,21?/m0/s1. The number of phenolic OH excluding ortho intramolecular Hbond substituents is 4. The van der Waals surface area contributed by atoms with Crippen LogP contribution in [0.3, 0.4) is 0 Å². The van der Waals surface area contributed by atoms with Crippen LogP contribution in [-0.2, 0) is 15.9 Å². The van der Waals surface area contributed by atoms with E-state index in [9.17, 15) is 35.7 Å². The summed E-state index contributed by atoms with van der Waals surface area (Å²) < 4.78 is 17.4. The van der Waals surface area contributed by atoms with E-state index in [4.69, 9.17) is 14.2 Å². The first kappa shape index (κ1) is 21.5. The van der Waals surface area contributed by atoms with Gasteiger partial charge in [-0.05, 0) is 24.6 Å². The molecule has 0 radical (unpaired) electrons. The summed E-state index contributed by atoms with van der Waals surface area (Å²) in [7, 11) is 0. The molecule has 0 spiro atoms. The molecule has 2 aliphatic rings. The minimum atomic E-state index is -1.55. The molecule has 10 nitrogen and oxygen atoms in total. The summed E-state index contributed by atoms with van der Waals surface area (Å²) in [5, 5.41) is 69.9. The number of ether oxygens (including phenoxy) is 3. The molecule has 2 aromatic rings. The molecule has 2 heterocycles. The van der Waals surface area contributed by atoms with E-state index < -0.39 is 42.9 Å². The number of hydrogen-bond acceptors (Lipinski definition) is 10. The lowest BCUT2D eigenvalue weighted by atomic mass is 9.93. The van der Waals surface area contributed by atoms with E-state index in [1.807, 2.05) is 0 Å². The van der Waals surface area contributed by atoms with E-state index in [-0.39, 0.29) is 35.2 Å². The van der Waals surface area contributed by atoms with Crippen molar-refractivity contribution in [2.45, 2.75) is 56.3 Å². The van der Waals surface area contributed by atoms with Gasteiger partial charge in [0.25, 0.3) is 0 Å². The summed E-state index contributed by atoms with van der Waals surface area (Å²) in [6.45, 7) is 1.52. The molecule has 2 aromatic carbocycles. The van der Waals surface area contributed by atoms with Crippen LogP contribution in [0.1, 0.15) is 24.2 Å². The Morgan fingerprint density at radius 2 is 1.61 bits per heavy atom. The van der Waals surface area contributed by atoms with E-state index in [2.05, 4.69) is 0 Å². The highest BCUT2D eigenvalue weighted by Crippen LogP contribution is 2.44. The Labute approximate surface area is 177 Å². The molecule has 7 atom stereocenters. The van der Waals surface area contributed by atoms with Crippen LogP contribution >= 0.6 is 0 Å². The SMILES string of the molecule is C[C@@H]1OC(O[C@H]2Cc3c(O)cc(O)cc3O[C@@H]2c2ccc(O)c(O)c2)[C@H](O)[C@H](O)[C@H]1O. The first-order chi connectivity index (χ1) is 14.7. The van der Waals surface area contributed by atoms with E-state index in [1.54, 1.807) is 0 Å². The molecule has 1 saturated heterocycles. The van der Waals surface area contributed by atoms with Crippen LogP contribution < -0.4 is 4.74 Å². The van der Waals surface area contributed by atoms with Crippen LogP contribution in [-0.4, -0.2) is 72.6 Å². The Balaban J connectivity index is 1.69. The molecular formula is C21H24O10. The van der Waals surface area contributed by atoms with Crippen molar-refractivity contribution < 1.29 is 50.0 Å². The van der Waals surface area contributed by atoms with Crippen LogP contribution in [0, 0.1) is 0 Å². The van der Waals surface area contributed by atoms with E-state index >= 15 is 0 Å². The molecule has 7 N–H and O–H groups in total. The molecule has 31 heavy (non-hydrogen) atoms. The summed E-state index contributed by atoms with van der Waals surface area (Å²) >= 11 is 0. The highest BCUT2D eigenvalue weighted by atomic mass is 16.7. The van der Waals surface area contributed by atoms with Crippen molar-refractivity contribution in [2.24, 2.45) is 0 Å². The maximum Gasteiger partial charge on any atom is 0.187 e. The van der Waals surface area contributed by atoms with Gasteiger partial charge < -0.3 is 50.0 Å². The van der Waals surface area contributed by atoms with Gasteiger partial charge in [-0.1, -0.05) is 6.07 Å². The zero-order valence-corrected chi connectivity index (χ0v) is 16.5. The first-order valence-electron chi connectivity index (χ1n) is 9.74. The largest absolute Gasteiger partial charge is 0.508 e. The summed E-state index contributed by atoms with van der Waals surface area (Å²) in [5.41, 5.74) is 0.758. The number of benzene rings is 2. The third kappa shape index (κ3) is 3.95. The van der Waals surface area contributed by atoms with Gasteiger partial charge in [0.2, 0.25) is 0 Å². The van der Waals surface area contributed by atoms with Crippen LogP contribution in [0.25, 0.3) is 0 Å². The van der Waals surface area contributed by atoms with Crippen molar-refractivity contribution in [3.05, 3.63) is 41.5 Å². The van der Waals surface area contributed by atoms with Crippen molar-refractivity contribution >= 4 is 0 Å². The van der Waals surface area contributed by atoms with Gasteiger partial charge in [-0.15, -0.1) is 0 Å². The van der Waals surface area contributed by atoms with Gasteiger partial charge in [-0.25, -0.2) is 0 Å². The Morgan fingerprint density at radius 1 is 0.871 bits per heavy atom. The summed E-state index contributed by atoms with van der Waals surface area (Å²) in [4.78, 5) is 0. The Kier molecular flexibility index (Phi) is 5.58. The Bertz CT molecular complexity index is 963. The quantitative estimate of drug-likeness (QED) is 0.334. The number of rotatable bonds is 3. The number of hydrogen-bond donors (Lipinski definition) is 7. The molecule has 1 fully saturated rings. The summed E-state index contributed by atoms with van der Waals surface area (Å²) in [5.74, 6) is -0.941. The molecule has 2 aliphatic heterocycles. The molecule has 0 amide bonds. The highest BCUT2D eigenvalue weighted by Gasteiger charge is 2.45. The Hall–Kier alpha value is -2.76. The van der Waals surface area contributed by atoms with Crippen molar-refractivity contribution in [2.75, 3.05) is 0 Å². The van der Waals surface area contributed by atoms with Gasteiger partial charge in [-0.2, -0.15) is 0 Å². The number of fused-ring (bicyclic) bond motifs is 1. The third-order valence-corrected chi connectivity index (χ3v) is 5.61. The lowest BCUT2D eigenvalue weighted by Crippen LogP contribution is -2.58. The molecule has 0 aliphatic carbocycles. The molecule has 0 saturated carbocycles. The van der Waals surface area contributed by atoms with Gasteiger partial charge in [-0.3, -0.25) is 0 Å². The molecule has 168 valence electrons. The average molecular weight is 436 g/mol. The van der Waals surface area contributed by atoms with Crippen LogP contribution in [0.4, 0.5) is 0 Å². The number of aromatic hydroxyl groups is 4. The number of phenols is 4. The molecule has 1 unspecified atom stereocenters. The van der Waals surface area contributed by atoms with Crippen LogP contribution in [0.5, 0.6) is 28.7 Å². The van der Waals surface area contributed by atoms with E-state index in [0.29, 0.717) is 11.1 Å². The minimum Gasteiger partial charge on any atom is -0.508 e. The molecule has 0 bridgehead atoms. The van der Waals surface area contributed by atoms with E-state index in [0.717, 1.165) is 6.07 Å². The molecule has 0 aromatic heterocycles. The minimum absolute atomic E-state index is 0.0767. The van der Waals surface area contributed by atoms with Gasteiger partial charge in [0.05, 0.1) is 6.10 Å². The average Bonchev–Trinajstić information content (AvgIpc) is 2.72. The fourth-order valence-corrected chi connectivity index (χ4v) is 3.87. The zero-order valence-electron chi connectivity index (χ0n) is 16.5. The van der Waals surface area contributed by atoms with Crippen LogP contribution in [0.2, 0.25) is 0 Å². The Morgan fingerprint density at radius 3 is 2.32 bits per heavy atom.